The molecular weight excluding hydrogens is 202 g/mol. The van der Waals surface area contributed by atoms with Crippen molar-refractivity contribution in [3.8, 4) is 0 Å². The van der Waals surface area contributed by atoms with E-state index in [0.29, 0.717) is 0 Å². The minimum Gasteiger partial charge on any atom is -0.203 e. The first-order valence-electron chi connectivity index (χ1n) is 3.26. The number of rotatable bonds is 1. The second-order valence-electron chi connectivity index (χ2n) is 2.31. The topological polar surface area (TPSA) is 0 Å². The summed E-state index contributed by atoms with van der Waals surface area (Å²) in [5.41, 5.74) is 0.159. The molecule has 12 heavy (non-hydrogen) atoms. The van der Waals surface area contributed by atoms with Crippen molar-refractivity contribution in [1.82, 2.24) is 0 Å². The highest BCUT2D eigenvalue weighted by molar-refractivity contribution is 7.98. The van der Waals surface area contributed by atoms with Crippen LogP contribution in [0.4, 0.5) is 8.78 Å². The van der Waals surface area contributed by atoms with Crippen molar-refractivity contribution in [2.75, 3.05) is 6.26 Å². The molecule has 0 amide bonds. The van der Waals surface area contributed by atoms with Gasteiger partial charge in [0.2, 0.25) is 0 Å². The van der Waals surface area contributed by atoms with Crippen molar-refractivity contribution in [2.24, 2.45) is 0 Å². The second kappa shape index (κ2) is 3.62. The molecule has 1 rings (SSSR count). The lowest BCUT2D eigenvalue weighted by Crippen LogP contribution is -1.92. The molecule has 66 valence electrons. The van der Waals surface area contributed by atoms with E-state index in [-0.39, 0.29) is 15.5 Å². The summed E-state index contributed by atoms with van der Waals surface area (Å²) in [7, 11) is 0. The number of benzene rings is 1. The summed E-state index contributed by atoms with van der Waals surface area (Å²) in [5, 5.41) is 0.262. The summed E-state index contributed by atoms with van der Waals surface area (Å²) in [5.74, 6) is -1.67. The number of halogens is 3. The number of thioether (sulfide) groups is 1. The van der Waals surface area contributed by atoms with Crippen molar-refractivity contribution in [2.45, 2.75) is 11.8 Å². The van der Waals surface area contributed by atoms with Crippen molar-refractivity contribution in [1.29, 1.82) is 0 Å². The van der Waals surface area contributed by atoms with E-state index in [9.17, 15) is 8.78 Å². The first-order chi connectivity index (χ1) is 5.57. The highest BCUT2D eigenvalue weighted by atomic mass is 35.5. The molecule has 0 N–H and O–H groups in total. The van der Waals surface area contributed by atoms with Crippen LogP contribution >= 0.6 is 23.4 Å². The van der Waals surface area contributed by atoms with E-state index in [0.717, 1.165) is 11.8 Å². The van der Waals surface area contributed by atoms with Gasteiger partial charge in [0.15, 0.2) is 11.6 Å². The van der Waals surface area contributed by atoms with Crippen LogP contribution in [0.2, 0.25) is 5.02 Å². The highest BCUT2D eigenvalue weighted by Gasteiger charge is 2.13. The first-order valence-corrected chi connectivity index (χ1v) is 4.86. The van der Waals surface area contributed by atoms with Crippen LogP contribution in [0.5, 0.6) is 0 Å². The molecule has 0 aromatic heterocycles. The zero-order valence-corrected chi connectivity index (χ0v) is 8.19. The molecule has 1 aromatic carbocycles. The lowest BCUT2D eigenvalue weighted by molar-refractivity contribution is 0.486. The molecule has 0 saturated carbocycles. The third-order valence-corrected chi connectivity index (χ3v) is 2.70. The Bertz CT molecular complexity index is 312. The number of hydrogen-bond acceptors (Lipinski definition) is 1. The van der Waals surface area contributed by atoms with Crippen LogP contribution in [0.25, 0.3) is 0 Å². The Balaban J connectivity index is 3.39. The fraction of sp³-hybridized carbons (Fsp3) is 0.250. The SMILES string of the molecule is CSc1cc(Cl)c(C)c(F)c1F. The van der Waals surface area contributed by atoms with Gasteiger partial charge in [-0.15, -0.1) is 11.8 Å². The van der Waals surface area contributed by atoms with E-state index in [4.69, 9.17) is 11.6 Å². The van der Waals surface area contributed by atoms with Crippen molar-refractivity contribution in [3.63, 3.8) is 0 Å². The molecule has 0 heterocycles. The smallest absolute Gasteiger partial charge is 0.172 e. The molecule has 0 aliphatic heterocycles. The Morgan fingerprint density at radius 3 is 2.42 bits per heavy atom. The quantitative estimate of drug-likeness (QED) is 0.502. The molecule has 0 aliphatic carbocycles. The standard InChI is InChI=1S/C8H7ClF2S/c1-4-5(9)3-6(12-2)8(11)7(4)10/h3H,1-2H3. The molecule has 1 aromatic rings. The molecule has 0 atom stereocenters. The maximum atomic E-state index is 13.0. The molecule has 0 unspecified atom stereocenters. The third kappa shape index (κ3) is 1.57. The average molecular weight is 209 g/mol. The van der Waals surface area contributed by atoms with Gasteiger partial charge in [0.05, 0.1) is 0 Å². The second-order valence-corrected chi connectivity index (χ2v) is 3.57. The highest BCUT2D eigenvalue weighted by Crippen LogP contribution is 2.28. The van der Waals surface area contributed by atoms with Crippen LogP contribution < -0.4 is 0 Å². The zero-order valence-electron chi connectivity index (χ0n) is 6.62. The predicted molar refractivity (Wildman–Crippen MR) is 47.9 cm³/mol. The Kier molecular flexibility index (Phi) is 2.96. The molecule has 0 spiro atoms. The van der Waals surface area contributed by atoms with Crippen LogP contribution in [-0.2, 0) is 0 Å². The third-order valence-electron chi connectivity index (χ3n) is 1.57. The molecule has 0 radical (unpaired) electrons. The number of hydrogen-bond donors (Lipinski definition) is 0. The van der Waals surface area contributed by atoms with Crippen molar-refractivity contribution >= 4 is 23.4 Å². The Morgan fingerprint density at radius 1 is 1.33 bits per heavy atom. The van der Waals surface area contributed by atoms with Gasteiger partial charge in [0.1, 0.15) is 0 Å². The zero-order chi connectivity index (χ0) is 9.30. The molecule has 0 bridgehead atoms. The van der Waals surface area contributed by atoms with Gasteiger partial charge >= 0.3 is 0 Å². The molecule has 0 fully saturated rings. The molecule has 0 aliphatic rings. The molecule has 0 saturated heterocycles. The molecular formula is C8H7ClF2S. The summed E-state index contributed by atoms with van der Waals surface area (Å²) >= 11 is 6.78. The first kappa shape index (κ1) is 9.81. The summed E-state index contributed by atoms with van der Waals surface area (Å²) in [6.45, 7) is 1.45. The minimum atomic E-state index is -0.855. The van der Waals surface area contributed by atoms with Gasteiger partial charge in [-0.2, -0.15) is 0 Å². The summed E-state index contributed by atoms with van der Waals surface area (Å²) < 4.78 is 26.0. The van der Waals surface area contributed by atoms with E-state index in [1.165, 1.54) is 13.0 Å². The molecule has 0 nitrogen and oxygen atoms in total. The fourth-order valence-corrected chi connectivity index (χ4v) is 1.57. The van der Waals surface area contributed by atoms with Gasteiger partial charge in [-0.25, -0.2) is 8.78 Å². The van der Waals surface area contributed by atoms with E-state index in [1.54, 1.807) is 6.26 Å². The van der Waals surface area contributed by atoms with E-state index < -0.39 is 11.6 Å². The Morgan fingerprint density at radius 2 is 1.92 bits per heavy atom. The lowest BCUT2D eigenvalue weighted by Gasteiger charge is -2.04. The lowest BCUT2D eigenvalue weighted by atomic mass is 10.2. The average Bonchev–Trinajstić information content (AvgIpc) is 2.08. The van der Waals surface area contributed by atoms with Gasteiger partial charge in [-0.3, -0.25) is 0 Å². The van der Waals surface area contributed by atoms with Gasteiger partial charge < -0.3 is 0 Å². The minimum absolute atomic E-state index is 0.159. The normalized spacial score (nSPS) is 10.4. The summed E-state index contributed by atoms with van der Waals surface area (Å²) in [6.07, 6.45) is 1.67. The van der Waals surface area contributed by atoms with Crippen LogP contribution in [-0.4, -0.2) is 6.26 Å². The Hall–Kier alpha value is -0.280. The summed E-state index contributed by atoms with van der Waals surface area (Å²) in [6, 6.07) is 1.43. The largest absolute Gasteiger partial charge is 0.203 e. The monoisotopic (exact) mass is 208 g/mol. The van der Waals surface area contributed by atoms with Crippen LogP contribution in [0.15, 0.2) is 11.0 Å². The Labute approximate surface area is 78.9 Å². The predicted octanol–water partition coefficient (Wildman–Crippen LogP) is 3.65. The maximum Gasteiger partial charge on any atom is 0.172 e. The maximum absolute atomic E-state index is 13.0. The molecule has 4 heteroatoms. The van der Waals surface area contributed by atoms with Crippen LogP contribution in [0.1, 0.15) is 5.56 Å². The van der Waals surface area contributed by atoms with E-state index >= 15 is 0 Å². The van der Waals surface area contributed by atoms with E-state index in [1.807, 2.05) is 0 Å². The van der Waals surface area contributed by atoms with Gasteiger partial charge in [0.25, 0.3) is 0 Å². The van der Waals surface area contributed by atoms with E-state index in [2.05, 4.69) is 0 Å². The van der Waals surface area contributed by atoms with Crippen molar-refractivity contribution < 1.29 is 8.78 Å². The van der Waals surface area contributed by atoms with Crippen LogP contribution in [0, 0.1) is 18.6 Å². The van der Waals surface area contributed by atoms with Gasteiger partial charge in [0, 0.05) is 15.5 Å². The van der Waals surface area contributed by atoms with Crippen molar-refractivity contribution in [3.05, 3.63) is 28.3 Å². The van der Waals surface area contributed by atoms with Crippen LogP contribution in [0.3, 0.4) is 0 Å². The van der Waals surface area contributed by atoms with Gasteiger partial charge in [-0.05, 0) is 19.2 Å². The fourth-order valence-electron chi connectivity index (χ4n) is 0.813. The van der Waals surface area contributed by atoms with Gasteiger partial charge in [-0.1, -0.05) is 11.6 Å². The summed E-state index contributed by atoms with van der Waals surface area (Å²) in [4.78, 5) is 0.239.